The SMILES string of the molecule is CN=C(NCC1(N2CCSCC2)CCCCC1)NC1CCN(c2ncccc2F)C1.I. The molecule has 174 valence electrons. The van der Waals surface area contributed by atoms with Crippen LogP contribution in [0.5, 0.6) is 0 Å². The van der Waals surface area contributed by atoms with Gasteiger partial charge in [0.25, 0.3) is 0 Å². The minimum Gasteiger partial charge on any atom is -0.355 e. The summed E-state index contributed by atoms with van der Waals surface area (Å²) in [5.74, 6) is 3.56. The third-order valence-electron chi connectivity index (χ3n) is 6.84. The van der Waals surface area contributed by atoms with Gasteiger partial charge in [-0.1, -0.05) is 19.3 Å². The fourth-order valence-corrected chi connectivity index (χ4v) is 6.07. The van der Waals surface area contributed by atoms with Gasteiger partial charge < -0.3 is 15.5 Å². The van der Waals surface area contributed by atoms with Crippen LogP contribution >= 0.6 is 35.7 Å². The van der Waals surface area contributed by atoms with Gasteiger partial charge in [0, 0.05) is 69.1 Å². The van der Waals surface area contributed by atoms with Gasteiger partial charge in [0.2, 0.25) is 0 Å². The quantitative estimate of drug-likeness (QED) is 0.327. The van der Waals surface area contributed by atoms with Gasteiger partial charge in [0.15, 0.2) is 17.6 Å². The molecule has 2 aliphatic heterocycles. The minimum absolute atomic E-state index is 0. The Bertz CT molecular complexity index is 724. The molecule has 0 spiro atoms. The fourth-order valence-electron chi connectivity index (χ4n) is 5.17. The maximum absolute atomic E-state index is 14.1. The molecule has 3 aliphatic rings. The Kier molecular flexibility index (Phi) is 9.51. The van der Waals surface area contributed by atoms with Crippen molar-refractivity contribution in [1.82, 2.24) is 20.5 Å². The highest BCUT2D eigenvalue weighted by atomic mass is 127. The predicted octanol–water partition coefficient (Wildman–Crippen LogP) is 3.33. The number of pyridine rings is 1. The minimum atomic E-state index is -0.250. The van der Waals surface area contributed by atoms with E-state index in [-0.39, 0.29) is 41.4 Å². The van der Waals surface area contributed by atoms with Gasteiger partial charge in [-0.3, -0.25) is 9.89 Å². The number of aromatic nitrogens is 1. The number of thioether (sulfide) groups is 1. The van der Waals surface area contributed by atoms with Gasteiger partial charge in [0.05, 0.1) is 0 Å². The monoisotopic (exact) mass is 562 g/mol. The van der Waals surface area contributed by atoms with Crippen molar-refractivity contribution in [2.75, 3.05) is 56.2 Å². The molecule has 0 amide bonds. The van der Waals surface area contributed by atoms with Gasteiger partial charge in [-0.05, 0) is 31.4 Å². The highest BCUT2D eigenvalue weighted by Gasteiger charge is 2.38. The molecule has 1 atom stereocenters. The van der Waals surface area contributed by atoms with Crippen LogP contribution in [-0.2, 0) is 0 Å². The van der Waals surface area contributed by atoms with Gasteiger partial charge in [-0.15, -0.1) is 24.0 Å². The molecule has 3 heterocycles. The summed E-state index contributed by atoms with van der Waals surface area (Å²) >= 11 is 2.08. The number of guanidine groups is 1. The maximum Gasteiger partial charge on any atom is 0.191 e. The summed E-state index contributed by atoms with van der Waals surface area (Å²) in [6.07, 6.45) is 9.16. The van der Waals surface area contributed by atoms with Crippen molar-refractivity contribution in [2.24, 2.45) is 4.99 Å². The van der Waals surface area contributed by atoms with E-state index in [2.05, 4.69) is 37.3 Å². The van der Waals surface area contributed by atoms with Crippen LogP contribution in [0.1, 0.15) is 38.5 Å². The number of nitrogens with one attached hydrogen (secondary N) is 2. The van der Waals surface area contributed by atoms with Gasteiger partial charge in [0.1, 0.15) is 0 Å². The molecule has 1 saturated carbocycles. The van der Waals surface area contributed by atoms with Crippen molar-refractivity contribution in [3.8, 4) is 0 Å². The Hall–Kier alpha value is -0.810. The second-order valence-electron chi connectivity index (χ2n) is 8.69. The van der Waals surface area contributed by atoms with Crippen LogP contribution in [0.15, 0.2) is 23.3 Å². The first kappa shape index (κ1) is 24.8. The van der Waals surface area contributed by atoms with E-state index in [1.807, 2.05) is 11.9 Å². The molecule has 3 fully saturated rings. The molecule has 2 saturated heterocycles. The van der Waals surface area contributed by atoms with Crippen molar-refractivity contribution in [1.29, 1.82) is 0 Å². The smallest absolute Gasteiger partial charge is 0.191 e. The Morgan fingerprint density at radius 2 is 2.03 bits per heavy atom. The molecule has 1 aromatic heterocycles. The molecule has 1 unspecified atom stereocenters. The van der Waals surface area contributed by atoms with Crippen LogP contribution in [0.2, 0.25) is 0 Å². The number of halogens is 2. The van der Waals surface area contributed by atoms with Gasteiger partial charge in [-0.2, -0.15) is 11.8 Å². The molecule has 1 aliphatic carbocycles. The van der Waals surface area contributed by atoms with E-state index in [0.717, 1.165) is 32.0 Å². The van der Waals surface area contributed by atoms with Crippen LogP contribution in [0, 0.1) is 5.82 Å². The summed E-state index contributed by atoms with van der Waals surface area (Å²) in [6.45, 7) is 4.89. The van der Waals surface area contributed by atoms with Crippen LogP contribution in [0.3, 0.4) is 0 Å². The average molecular weight is 563 g/mol. The molecule has 9 heteroatoms. The molecule has 4 rings (SSSR count). The average Bonchev–Trinajstić information content (AvgIpc) is 3.26. The lowest BCUT2D eigenvalue weighted by molar-refractivity contribution is 0.0625. The Morgan fingerprint density at radius 3 is 2.74 bits per heavy atom. The molecule has 0 aromatic carbocycles. The molecular weight excluding hydrogens is 526 g/mol. The van der Waals surface area contributed by atoms with E-state index in [0.29, 0.717) is 5.82 Å². The Morgan fingerprint density at radius 1 is 1.26 bits per heavy atom. The van der Waals surface area contributed by atoms with Crippen molar-refractivity contribution < 1.29 is 4.39 Å². The fraction of sp³-hybridized carbons (Fsp3) is 0.727. The molecule has 31 heavy (non-hydrogen) atoms. The summed E-state index contributed by atoms with van der Waals surface area (Å²) in [5.41, 5.74) is 0.260. The summed E-state index contributed by atoms with van der Waals surface area (Å²) in [6, 6.07) is 3.36. The Labute approximate surface area is 207 Å². The van der Waals surface area contributed by atoms with Crippen LogP contribution in [0.4, 0.5) is 10.2 Å². The molecule has 2 N–H and O–H groups in total. The molecule has 6 nitrogen and oxygen atoms in total. The van der Waals surface area contributed by atoms with Crippen molar-refractivity contribution >= 4 is 47.5 Å². The summed E-state index contributed by atoms with van der Waals surface area (Å²) in [4.78, 5) is 13.5. The number of aliphatic imine (C=N–C) groups is 1. The van der Waals surface area contributed by atoms with E-state index in [9.17, 15) is 4.39 Å². The summed E-state index contributed by atoms with van der Waals surface area (Å²) < 4.78 is 14.1. The lowest BCUT2D eigenvalue weighted by Crippen LogP contribution is -2.60. The van der Waals surface area contributed by atoms with E-state index in [1.165, 1.54) is 62.8 Å². The highest BCUT2D eigenvalue weighted by Crippen LogP contribution is 2.34. The number of anilines is 1. The summed E-state index contributed by atoms with van der Waals surface area (Å²) in [7, 11) is 1.84. The topological polar surface area (TPSA) is 55.8 Å². The molecule has 0 bridgehead atoms. The molecule has 1 aromatic rings. The highest BCUT2D eigenvalue weighted by molar-refractivity contribution is 14.0. The zero-order valence-electron chi connectivity index (χ0n) is 18.5. The van der Waals surface area contributed by atoms with Crippen LogP contribution in [-0.4, -0.2) is 78.7 Å². The number of rotatable bonds is 5. The third-order valence-corrected chi connectivity index (χ3v) is 7.78. The van der Waals surface area contributed by atoms with E-state index < -0.39 is 0 Å². The lowest BCUT2D eigenvalue weighted by Gasteiger charge is -2.48. The van der Waals surface area contributed by atoms with Crippen molar-refractivity contribution in [3.05, 3.63) is 24.1 Å². The number of nitrogens with zero attached hydrogens (tertiary/aromatic N) is 4. The van der Waals surface area contributed by atoms with E-state index >= 15 is 0 Å². The number of hydrogen-bond acceptors (Lipinski definition) is 5. The zero-order valence-corrected chi connectivity index (χ0v) is 21.6. The van der Waals surface area contributed by atoms with Gasteiger partial charge >= 0.3 is 0 Å². The first-order valence-electron chi connectivity index (χ1n) is 11.4. The maximum atomic E-state index is 14.1. The Balaban J connectivity index is 0.00000272. The second kappa shape index (κ2) is 11.9. The van der Waals surface area contributed by atoms with E-state index in [1.54, 1.807) is 12.3 Å². The van der Waals surface area contributed by atoms with Crippen LogP contribution < -0.4 is 15.5 Å². The first-order valence-corrected chi connectivity index (χ1v) is 12.5. The standard InChI is InChI=1S/C22H35FN6S.HI/c1-24-21(27-18-7-11-28(16-18)20-19(23)6-5-10-25-20)26-17-22(8-3-2-4-9-22)29-12-14-30-15-13-29;/h5-6,10,18H,2-4,7-9,11-17H2,1H3,(H2,24,26,27);1H. The normalized spacial score (nSPS) is 24.5. The predicted molar refractivity (Wildman–Crippen MR) is 139 cm³/mol. The first-order chi connectivity index (χ1) is 14.7. The van der Waals surface area contributed by atoms with Crippen LogP contribution in [0.25, 0.3) is 0 Å². The largest absolute Gasteiger partial charge is 0.355 e. The number of hydrogen-bond donors (Lipinski definition) is 2. The third kappa shape index (κ3) is 6.16. The molecule has 0 radical (unpaired) electrons. The summed E-state index contributed by atoms with van der Waals surface area (Å²) in [5, 5.41) is 7.22. The van der Waals surface area contributed by atoms with Gasteiger partial charge in [-0.25, -0.2) is 9.37 Å². The van der Waals surface area contributed by atoms with Crippen molar-refractivity contribution in [3.63, 3.8) is 0 Å². The lowest BCUT2D eigenvalue weighted by atomic mass is 9.80. The van der Waals surface area contributed by atoms with E-state index in [4.69, 9.17) is 0 Å². The zero-order chi connectivity index (χ0) is 20.8. The van der Waals surface area contributed by atoms with Crippen molar-refractivity contribution in [2.45, 2.75) is 50.1 Å². The second-order valence-corrected chi connectivity index (χ2v) is 9.92. The molecular formula is C22H36FIN6S.